The van der Waals surface area contributed by atoms with Gasteiger partial charge in [0.1, 0.15) is 17.1 Å². The van der Waals surface area contributed by atoms with Gasteiger partial charge >= 0.3 is 5.97 Å². The van der Waals surface area contributed by atoms with Gasteiger partial charge in [-0.15, -0.1) is 0 Å². The Morgan fingerprint density at radius 2 is 1.78 bits per heavy atom. The first kappa shape index (κ1) is 21.2. The van der Waals surface area contributed by atoms with Crippen LogP contribution < -0.4 is 10.2 Å². The smallest absolute Gasteiger partial charge is 0.335 e. The summed E-state index contributed by atoms with van der Waals surface area (Å²) in [4.78, 5) is 38.2. The van der Waals surface area contributed by atoms with Crippen molar-refractivity contribution in [2.75, 3.05) is 4.90 Å². The summed E-state index contributed by atoms with van der Waals surface area (Å²) in [7, 11) is 0. The first-order valence-electron chi connectivity index (χ1n) is 9.66. The fourth-order valence-electron chi connectivity index (χ4n) is 3.51. The molecule has 32 heavy (non-hydrogen) atoms. The number of rotatable bonds is 4. The number of thiocarbonyl (C=S) groups is 1. The minimum absolute atomic E-state index is 0.00719. The number of carboxylic acids is 1. The van der Waals surface area contributed by atoms with Crippen LogP contribution in [0.3, 0.4) is 0 Å². The normalized spacial score (nSPS) is 15.2. The molecule has 2 heterocycles. The first-order valence-corrected chi connectivity index (χ1v) is 10.1. The summed E-state index contributed by atoms with van der Waals surface area (Å²) in [6.07, 6.45) is 1.35. The molecule has 8 heteroatoms. The van der Waals surface area contributed by atoms with Crippen molar-refractivity contribution in [1.29, 1.82) is 0 Å². The van der Waals surface area contributed by atoms with Gasteiger partial charge in [-0.05, 0) is 79.7 Å². The number of nitrogens with one attached hydrogen (secondary N) is 1. The number of anilines is 1. The van der Waals surface area contributed by atoms with Gasteiger partial charge in [-0.1, -0.05) is 18.2 Å². The third kappa shape index (κ3) is 4.08. The summed E-state index contributed by atoms with van der Waals surface area (Å²) < 4.78 is 5.76. The van der Waals surface area contributed by atoms with Crippen molar-refractivity contribution in [3.63, 3.8) is 0 Å². The van der Waals surface area contributed by atoms with Crippen LogP contribution in [0.1, 0.15) is 27.2 Å². The van der Waals surface area contributed by atoms with Gasteiger partial charge in [-0.3, -0.25) is 19.8 Å². The molecular weight excluding hydrogens is 428 g/mol. The molecule has 0 unspecified atom stereocenters. The molecule has 7 nitrogen and oxygen atoms in total. The van der Waals surface area contributed by atoms with Crippen LogP contribution in [0.15, 0.2) is 64.6 Å². The molecule has 0 saturated carbocycles. The lowest BCUT2D eigenvalue weighted by atomic mass is 10.1. The Hall–Kier alpha value is -4.04. The van der Waals surface area contributed by atoms with E-state index in [-0.39, 0.29) is 22.0 Å². The number of aryl methyl sites for hydroxylation is 2. The molecule has 3 aromatic rings. The zero-order chi connectivity index (χ0) is 23.0. The van der Waals surface area contributed by atoms with Crippen LogP contribution in [0.5, 0.6) is 0 Å². The first-order chi connectivity index (χ1) is 15.2. The molecule has 0 radical (unpaired) electrons. The lowest BCUT2D eigenvalue weighted by Crippen LogP contribution is -2.54. The van der Waals surface area contributed by atoms with Crippen molar-refractivity contribution in [2.45, 2.75) is 13.8 Å². The molecule has 0 bridgehead atoms. The van der Waals surface area contributed by atoms with E-state index in [4.69, 9.17) is 16.6 Å². The molecule has 1 saturated heterocycles. The summed E-state index contributed by atoms with van der Waals surface area (Å²) in [5.74, 6) is -1.55. The summed E-state index contributed by atoms with van der Waals surface area (Å²) in [5, 5.41) is 11.7. The van der Waals surface area contributed by atoms with Crippen molar-refractivity contribution in [1.82, 2.24) is 5.32 Å². The van der Waals surface area contributed by atoms with E-state index >= 15 is 0 Å². The highest BCUT2D eigenvalue weighted by atomic mass is 32.1. The van der Waals surface area contributed by atoms with Gasteiger partial charge in [0.15, 0.2) is 5.11 Å². The van der Waals surface area contributed by atoms with Crippen LogP contribution in [-0.4, -0.2) is 28.0 Å². The zero-order valence-electron chi connectivity index (χ0n) is 17.2. The summed E-state index contributed by atoms with van der Waals surface area (Å²) in [6, 6.07) is 15.1. The molecule has 0 aliphatic carbocycles. The van der Waals surface area contributed by atoms with Crippen molar-refractivity contribution in [2.24, 2.45) is 0 Å². The van der Waals surface area contributed by atoms with E-state index < -0.39 is 17.8 Å². The van der Waals surface area contributed by atoms with Gasteiger partial charge in [-0.25, -0.2) is 4.79 Å². The fraction of sp³-hybridized carbons (Fsp3) is 0.0833. The molecule has 0 atom stereocenters. The molecule has 4 rings (SSSR count). The number of hydrogen-bond donors (Lipinski definition) is 2. The molecule has 160 valence electrons. The van der Waals surface area contributed by atoms with E-state index in [9.17, 15) is 19.5 Å². The van der Waals surface area contributed by atoms with E-state index in [2.05, 4.69) is 5.32 Å². The Balaban J connectivity index is 1.68. The maximum atomic E-state index is 13.2. The zero-order valence-corrected chi connectivity index (χ0v) is 18.0. The Morgan fingerprint density at radius 3 is 2.47 bits per heavy atom. The fourth-order valence-corrected chi connectivity index (χ4v) is 3.79. The Labute approximate surface area is 189 Å². The quantitative estimate of drug-likeness (QED) is 0.356. The number of carboxylic acid groups (broad SMARTS) is 1. The molecule has 2 N–H and O–H groups in total. The number of nitrogens with zero attached hydrogens (tertiary/aromatic N) is 1. The average Bonchev–Trinajstić information content (AvgIpc) is 3.19. The second kappa shape index (κ2) is 8.24. The average molecular weight is 446 g/mol. The van der Waals surface area contributed by atoms with Crippen LogP contribution in [0.25, 0.3) is 17.4 Å². The second-order valence-corrected chi connectivity index (χ2v) is 7.78. The highest BCUT2D eigenvalue weighted by Crippen LogP contribution is 2.27. The SMILES string of the molecule is Cc1cc(C)cc(N2C(=O)/C(=C\c3ccc(-c4cccc(C(=O)O)c4)o3)C(=O)NC2=S)c1. The van der Waals surface area contributed by atoms with Gasteiger partial charge in [-0.2, -0.15) is 0 Å². The van der Waals surface area contributed by atoms with E-state index in [1.165, 1.54) is 23.1 Å². The largest absolute Gasteiger partial charge is 0.478 e. The predicted molar refractivity (Wildman–Crippen MR) is 123 cm³/mol. The molecule has 1 aliphatic rings. The van der Waals surface area contributed by atoms with Crippen molar-refractivity contribution in [3.05, 3.63) is 82.6 Å². The monoisotopic (exact) mass is 446 g/mol. The summed E-state index contributed by atoms with van der Waals surface area (Å²) >= 11 is 5.24. The standard InChI is InChI=1S/C24H18N2O5S/c1-13-8-14(2)10-17(9-13)26-22(28)19(21(27)25-24(26)32)12-18-6-7-20(31-18)15-4-3-5-16(11-15)23(29)30/h3-12H,1-2H3,(H,29,30)(H,25,27,32)/b19-12-. The summed E-state index contributed by atoms with van der Waals surface area (Å²) in [5.41, 5.74) is 3.03. The second-order valence-electron chi connectivity index (χ2n) is 7.39. The van der Waals surface area contributed by atoms with Gasteiger partial charge in [0.05, 0.1) is 11.3 Å². The van der Waals surface area contributed by atoms with E-state index in [0.717, 1.165) is 11.1 Å². The van der Waals surface area contributed by atoms with E-state index in [1.807, 2.05) is 32.0 Å². The summed E-state index contributed by atoms with van der Waals surface area (Å²) in [6.45, 7) is 3.82. The van der Waals surface area contributed by atoms with Gasteiger partial charge in [0.2, 0.25) is 0 Å². The van der Waals surface area contributed by atoms with Crippen LogP contribution in [0.2, 0.25) is 0 Å². The highest BCUT2D eigenvalue weighted by molar-refractivity contribution is 7.80. The van der Waals surface area contributed by atoms with Crippen LogP contribution >= 0.6 is 12.2 Å². The highest BCUT2D eigenvalue weighted by Gasteiger charge is 2.35. The van der Waals surface area contributed by atoms with Crippen molar-refractivity contribution in [3.8, 4) is 11.3 Å². The van der Waals surface area contributed by atoms with Crippen LogP contribution in [0.4, 0.5) is 5.69 Å². The van der Waals surface area contributed by atoms with Crippen LogP contribution in [-0.2, 0) is 9.59 Å². The Morgan fingerprint density at radius 1 is 1.06 bits per heavy atom. The third-order valence-electron chi connectivity index (χ3n) is 4.87. The predicted octanol–water partition coefficient (Wildman–Crippen LogP) is 4.09. The molecule has 1 aromatic heterocycles. The van der Waals surface area contributed by atoms with Crippen molar-refractivity contribution < 1.29 is 23.9 Å². The number of carbonyl (C=O) groups excluding carboxylic acids is 2. The topological polar surface area (TPSA) is 99.8 Å². The number of carbonyl (C=O) groups is 3. The maximum absolute atomic E-state index is 13.2. The van der Waals surface area contributed by atoms with Gasteiger partial charge < -0.3 is 9.52 Å². The van der Waals surface area contributed by atoms with Gasteiger partial charge in [0, 0.05) is 5.56 Å². The lowest BCUT2D eigenvalue weighted by Gasteiger charge is -2.29. The number of benzene rings is 2. The van der Waals surface area contributed by atoms with E-state index in [0.29, 0.717) is 17.0 Å². The molecule has 2 amide bonds. The number of hydrogen-bond acceptors (Lipinski definition) is 5. The third-order valence-corrected chi connectivity index (χ3v) is 5.16. The Bertz CT molecular complexity index is 1300. The maximum Gasteiger partial charge on any atom is 0.335 e. The molecule has 1 aliphatic heterocycles. The number of aromatic carboxylic acids is 1. The Kier molecular flexibility index (Phi) is 5.46. The molecule has 2 aromatic carbocycles. The molecule has 0 spiro atoms. The molecular formula is C24H18N2O5S. The molecule has 1 fully saturated rings. The van der Waals surface area contributed by atoms with Gasteiger partial charge in [0.25, 0.3) is 11.8 Å². The van der Waals surface area contributed by atoms with Crippen LogP contribution in [0, 0.1) is 13.8 Å². The minimum Gasteiger partial charge on any atom is -0.478 e. The number of amides is 2. The van der Waals surface area contributed by atoms with Crippen molar-refractivity contribution >= 4 is 46.9 Å². The number of furan rings is 1. The van der Waals surface area contributed by atoms with E-state index in [1.54, 1.807) is 24.3 Å². The lowest BCUT2D eigenvalue weighted by molar-refractivity contribution is -0.122. The minimum atomic E-state index is -1.05.